The van der Waals surface area contributed by atoms with Gasteiger partial charge in [0.25, 0.3) is 11.6 Å². The quantitative estimate of drug-likeness (QED) is 0.461. The zero-order chi connectivity index (χ0) is 12.4. The Morgan fingerprint density at radius 1 is 1.53 bits per heavy atom. The van der Waals surface area contributed by atoms with Crippen molar-refractivity contribution in [3.63, 3.8) is 0 Å². The highest BCUT2D eigenvalue weighted by Gasteiger charge is 2.26. The summed E-state index contributed by atoms with van der Waals surface area (Å²) in [6.45, 7) is 1.11. The smallest absolute Gasteiger partial charge is 0.270 e. The number of amides is 1. The van der Waals surface area contributed by atoms with Crippen LogP contribution in [0.5, 0.6) is 0 Å². The van der Waals surface area contributed by atoms with Gasteiger partial charge in [0, 0.05) is 30.8 Å². The van der Waals surface area contributed by atoms with Crippen LogP contribution in [0, 0.1) is 10.1 Å². The number of rotatable bonds is 2. The van der Waals surface area contributed by atoms with Crippen LogP contribution in [0.4, 0.5) is 5.69 Å². The highest BCUT2D eigenvalue weighted by atomic mass is 35.5. The number of halogens is 1. The van der Waals surface area contributed by atoms with Crippen LogP contribution < -0.4 is 0 Å². The molecule has 17 heavy (non-hydrogen) atoms. The minimum absolute atomic E-state index is 0.0161. The molecule has 1 fully saturated rings. The minimum Gasteiger partial charge on any atom is -0.337 e. The van der Waals surface area contributed by atoms with Crippen LogP contribution >= 0.6 is 11.6 Å². The van der Waals surface area contributed by atoms with Crippen molar-refractivity contribution in [3.05, 3.63) is 39.9 Å². The van der Waals surface area contributed by atoms with Gasteiger partial charge in [-0.15, -0.1) is 11.6 Å². The fourth-order valence-electron chi connectivity index (χ4n) is 1.84. The van der Waals surface area contributed by atoms with Crippen LogP contribution in [-0.4, -0.2) is 34.2 Å². The molecule has 0 bridgehead atoms. The van der Waals surface area contributed by atoms with Gasteiger partial charge in [-0.1, -0.05) is 6.07 Å². The predicted octanol–water partition coefficient (Wildman–Crippen LogP) is 2.05. The highest BCUT2D eigenvalue weighted by molar-refractivity contribution is 6.21. The monoisotopic (exact) mass is 254 g/mol. The van der Waals surface area contributed by atoms with E-state index < -0.39 is 4.92 Å². The van der Waals surface area contributed by atoms with Crippen molar-refractivity contribution < 1.29 is 9.72 Å². The molecule has 2 rings (SSSR count). The predicted molar refractivity (Wildman–Crippen MR) is 63.3 cm³/mol. The van der Waals surface area contributed by atoms with E-state index >= 15 is 0 Å². The normalized spacial score (nSPS) is 19.4. The fraction of sp³-hybridized carbons (Fsp3) is 0.364. The number of nitro groups is 1. The Morgan fingerprint density at radius 3 is 2.88 bits per heavy atom. The molecule has 1 heterocycles. The third-order valence-corrected chi connectivity index (χ3v) is 3.08. The van der Waals surface area contributed by atoms with Gasteiger partial charge in [0.2, 0.25) is 0 Å². The van der Waals surface area contributed by atoms with Crippen LogP contribution in [0.3, 0.4) is 0 Å². The summed E-state index contributed by atoms with van der Waals surface area (Å²) in [5.41, 5.74) is 0.266. The summed E-state index contributed by atoms with van der Waals surface area (Å²) in [4.78, 5) is 23.7. The summed E-state index contributed by atoms with van der Waals surface area (Å²) in [5.74, 6) is -0.197. The van der Waals surface area contributed by atoms with E-state index in [2.05, 4.69) is 0 Å². The lowest BCUT2D eigenvalue weighted by Gasteiger charge is -2.15. The third-order valence-electron chi connectivity index (χ3n) is 2.72. The molecule has 0 radical (unpaired) electrons. The number of hydrogen-bond acceptors (Lipinski definition) is 3. The maximum absolute atomic E-state index is 12.0. The molecule has 0 saturated carbocycles. The Morgan fingerprint density at radius 2 is 2.29 bits per heavy atom. The number of alkyl halides is 1. The molecule has 5 nitrogen and oxygen atoms in total. The SMILES string of the molecule is O=C(c1cccc([N+](=O)[O-])c1)N1CCC(Cl)C1. The van der Waals surface area contributed by atoms with Gasteiger partial charge in [-0.2, -0.15) is 0 Å². The van der Waals surface area contributed by atoms with E-state index in [1.54, 1.807) is 11.0 Å². The Hall–Kier alpha value is -1.62. The largest absolute Gasteiger partial charge is 0.337 e. The number of non-ortho nitro benzene ring substituents is 1. The molecular formula is C11H11ClN2O3. The van der Waals surface area contributed by atoms with Crippen molar-refractivity contribution >= 4 is 23.2 Å². The van der Waals surface area contributed by atoms with E-state index in [-0.39, 0.29) is 17.0 Å². The fourth-order valence-corrected chi connectivity index (χ4v) is 2.10. The lowest BCUT2D eigenvalue weighted by molar-refractivity contribution is -0.384. The molecule has 0 aliphatic carbocycles. The van der Waals surface area contributed by atoms with Gasteiger partial charge in [-0.25, -0.2) is 0 Å². The van der Waals surface area contributed by atoms with Gasteiger partial charge in [0.1, 0.15) is 0 Å². The second kappa shape index (κ2) is 4.71. The lowest BCUT2D eigenvalue weighted by Crippen LogP contribution is -2.28. The first-order valence-electron chi connectivity index (χ1n) is 5.26. The molecule has 1 aromatic rings. The first-order valence-corrected chi connectivity index (χ1v) is 5.69. The molecule has 1 aliphatic rings. The number of nitrogens with zero attached hydrogens (tertiary/aromatic N) is 2. The second-order valence-corrected chi connectivity index (χ2v) is 4.56. The first-order chi connectivity index (χ1) is 8.08. The molecule has 1 aliphatic heterocycles. The number of benzene rings is 1. The van der Waals surface area contributed by atoms with Gasteiger partial charge in [0.15, 0.2) is 0 Å². The molecule has 1 saturated heterocycles. The van der Waals surface area contributed by atoms with Crippen molar-refractivity contribution in [1.82, 2.24) is 4.90 Å². The summed E-state index contributed by atoms with van der Waals surface area (Å²) in [7, 11) is 0. The number of hydrogen-bond donors (Lipinski definition) is 0. The average molecular weight is 255 g/mol. The van der Waals surface area contributed by atoms with E-state index in [1.807, 2.05) is 0 Å². The summed E-state index contributed by atoms with van der Waals surface area (Å²) < 4.78 is 0. The Bertz CT molecular complexity index is 464. The molecule has 1 aromatic carbocycles. The van der Waals surface area contributed by atoms with Gasteiger partial charge >= 0.3 is 0 Å². The van der Waals surface area contributed by atoms with Crippen molar-refractivity contribution in [2.45, 2.75) is 11.8 Å². The first kappa shape index (κ1) is 11.9. The molecule has 6 heteroatoms. The van der Waals surface area contributed by atoms with Crippen LogP contribution in [0.25, 0.3) is 0 Å². The molecule has 0 aromatic heterocycles. The van der Waals surface area contributed by atoms with Crippen LogP contribution in [-0.2, 0) is 0 Å². The number of carbonyl (C=O) groups excluding carboxylic acids is 1. The molecule has 0 spiro atoms. The van der Waals surface area contributed by atoms with Gasteiger partial charge in [-0.05, 0) is 12.5 Å². The van der Waals surface area contributed by atoms with E-state index in [9.17, 15) is 14.9 Å². The lowest BCUT2D eigenvalue weighted by atomic mass is 10.2. The minimum atomic E-state index is -0.509. The van der Waals surface area contributed by atoms with Crippen molar-refractivity contribution in [3.8, 4) is 0 Å². The zero-order valence-electron chi connectivity index (χ0n) is 9.01. The Labute approximate surface area is 103 Å². The van der Waals surface area contributed by atoms with Gasteiger partial charge < -0.3 is 4.90 Å². The standard InChI is InChI=1S/C11H11ClN2O3/c12-9-4-5-13(7-9)11(15)8-2-1-3-10(6-8)14(16)17/h1-3,6,9H,4-5,7H2. The van der Waals surface area contributed by atoms with Gasteiger partial charge in [0.05, 0.1) is 10.3 Å². The van der Waals surface area contributed by atoms with Crippen LogP contribution in [0.1, 0.15) is 16.8 Å². The van der Waals surface area contributed by atoms with E-state index in [1.165, 1.54) is 18.2 Å². The number of carbonyl (C=O) groups is 1. The summed E-state index contributed by atoms with van der Waals surface area (Å²) in [6.07, 6.45) is 0.766. The molecular weight excluding hydrogens is 244 g/mol. The van der Waals surface area contributed by atoms with Gasteiger partial charge in [-0.3, -0.25) is 14.9 Å². The van der Waals surface area contributed by atoms with Crippen molar-refractivity contribution in [2.75, 3.05) is 13.1 Å². The molecule has 90 valence electrons. The van der Waals surface area contributed by atoms with Crippen molar-refractivity contribution in [2.24, 2.45) is 0 Å². The maximum Gasteiger partial charge on any atom is 0.270 e. The topological polar surface area (TPSA) is 63.4 Å². The molecule has 1 amide bonds. The number of nitro benzene ring substituents is 1. The second-order valence-electron chi connectivity index (χ2n) is 3.94. The van der Waals surface area contributed by atoms with E-state index in [0.29, 0.717) is 18.7 Å². The van der Waals surface area contributed by atoms with E-state index in [4.69, 9.17) is 11.6 Å². The third kappa shape index (κ3) is 2.55. The zero-order valence-corrected chi connectivity index (χ0v) is 9.76. The average Bonchev–Trinajstić information content (AvgIpc) is 2.75. The highest BCUT2D eigenvalue weighted by Crippen LogP contribution is 2.19. The summed E-state index contributed by atoms with van der Waals surface area (Å²) >= 11 is 5.92. The van der Waals surface area contributed by atoms with Crippen LogP contribution in [0.15, 0.2) is 24.3 Å². The van der Waals surface area contributed by atoms with Crippen molar-refractivity contribution in [1.29, 1.82) is 0 Å². The Balaban J connectivity index is 2.19. The van der Waals surface area contributed by atoms with Crippen LogP contribution in [0.2, 0.25) is 0 Å². The molecule has 1 unspecified atom stereocenters. The maximum atomic E-state index is 12.0. The Kier molecular flexibility index (Phi) is 3.28. The van der Waals surface area contributed by atoms with E-state index in [0.717, 1.165) is 6.42 Å². The molecule has 0 N–H and O–H groups in total. The summed E-state index contributed by atoms with van der Waals surface area (Å²) in [6, 6.07) is 5.76. The number of likely N-dealkylation sites (tertiary alicyclic amines) is 1. The summed E-state index contributed by atoms with van der Waals surface area (Å²) in [5, 5.41) is 10.6. The molecule has 1 atom stereocenters.